The van der Waals surface area contributed by atoms with Crippen LogP contribution in [0.4, 0.5) is 0 Å². The van der Waals surface area contributed by atoms with Crippen LogP contribution in [0.15, 0.2) is 193 Å². The Bertz CT molecular complexity index is 3170. The van der Waals surface area contributed by atoms with Crippen LogP contribution < -0.4 is 0 Å². The minimum absolute atomic E-state index is 0.528. The molecule has 7 aromatic carbocycles. The lowest BCUT2D eigenvalue weighted by Crippen LogP contribution is -2.02. The number of pyridine rings is 1. The average molecular weight is 718 g/mol. The van der Waals surface area contributed by atoms with Gasteiger partial charge >= 0.3 is 0 Å². The highest BCUT2D eigenvalue weighted by Gasteiger charge is 2.22. The molecule has 0 fully saturated rings. The van der Waals surface area contributed by atoms with E-state index in [1.54, 1.807) is 0 Å². The summed E-state index contributed by atoms with van der Waals surface area (Å²) in [7, 11) is 0. The molecule has 6 heteroatoms. The number of benzene rings is 7. The van der Waals surface area contributed by atoms with Gasteiger partial charge < -0.3 is 8.98 Å². The van der Waals surface area contributed by atoms with Gasteiger partial charge in [-0.2, -0.15) is 0 Å². The van der Waals surface area contributed by atoms with Gasteiger partial charge in [-0.15, -0.1) is 0 Å². The fourth-order valence-corrected chi connectivity index (χ4v) is 7.87. The van der Waals surface area contributed by atoms with E-state index < -0.39 is 0 Å². The van der Waals surface area contributed by atoms with Crippen LogP contribution >= 0.6 is 0 Å². The van der Waals surface area contributed by atoms with E-state index in [4.69, 9.17) is 24.4 Å². The van der Waals surface area contributed by atoms with Crippen LogP contribution in [-0.2, 0) is 0 Å². The van der Waals surface area contributed by atoms with E-state index in [-0.39, 0.29) is 0 Å². The second kappa shape index (κ2) is 13.0. The quantitative estimate of drug-likeness (QED) is 0.171. The molecule has 11 rings (SSSR count). The van der Waals surface area contributed by atoms with Gasteiger partial charge in [-0.25, -0.2) is 15.0 Å². The monoisotopic (exact) mass is 717 g/mol. The van der Waals surface area contributed by atoms with Crippen molar-refractivity contribution in [2.45, 2.75) is 0 Å². The van der Waals surface area contributed by atoms with Crippen LogP contribution in [0.2, 0.25) is 0 Å². The molecule has 4 aromatic heterocycles. The molecule has 0 aliphatic carbocycles. The lowest BCUT2D eigenvalue weighted by molar-refractivity contribution is 0.670. The fourth-order valence-electron chi connectivity index (χ4n) is 7.87. The molecule has 0 spiro atoms. The van der Waals surface area contributed by atoms with Gasteiger partial charge in [-0.3, -0.25) is 4.98 Å². The molecule has 6 nitrogen and oxygen atoms in total. The van der Waals surface area contributed by atoms with Crippen LogP contribution in [0.5, 0.6) is 0 Å². The number of rotatable bonds is 6. The van der Waals surface area contributed by atoms with Gasteiger partial charge in [0, 0.05) is 67.3 Å². The molecule has 0 saturated carbocycles. The summed E-state index contributed by atoms with van der Waals surface area (Å²) in [6, 6.07) is 62.3. The summed E-state index contributed by atoms with van der Waals surface area (Å²) in [5, 5.41) is 4.42. The molecule has 0 N–H and O–H groups in total. The Morgan fingerprint density at radius 3 is 1.68 bits per heavy atom. The molecule has 262 valence electrons. The highest BCUT2D eigenvalue weighted by atomic mass is 16.3. The predicted octanol–water partition coefficient (Wildman–Crippen LogP) is 12.6. The maximum Gasteiger partial charge on any atom is 0.166 e. The molecule has 0 bridgehead atoms. The molecule has 56 heavy (non-hydrogen) atoms. The molecule has 0 aliphatic heterocycles. The smallest absolute Gasteiger partial charge is 0.166 e. The minimum Gasteiger partial charge on any atom is -0.455 e. The molecule has 0 aliphatic rings. The standard InChI is InChI=1S/C50H31N5O/c1-5-16-32(17-6-1)35-28-42(50-53-48(33-18-7-2-8-19-33)52-49(54-50)34-20-9-3-10-21-34)46(51-31-35)39-26-15-25-38-41-29-40-37-24-13-14-27-43(37)55(36-22-11-4-12-23-36)44(40)30-45(41)56-47(38)39/h1-31H. The first-order valence-corrected chi connectivity index (χ1v) is 18.6. The van der Waals surface area contributed by atoms with E-state index in [1.807, 2.05) is 91.1 Å². The van der Waals surface area contributed by atoms with E-state index in [0.717, 1.165) is 77.7 Å². The second-order valence-electron chi connectivity index (χ2n) is 13.9. The zero-order valence-corrected chi connectivity index (χ0v) is 30.0. The Labute approximate surface area is 322 Å². The van der Waals surface area contributed by atoms with Gasteiger partial charge in [0.1, 0.15) is 11.2 Å². The van der Waals surface area contributed by atoms with E-state index in [0.29, 0.717) is 17.5 Å². The van der Waals surface area contributed by atoms with Crippen molar-refractivity contribution in [3.63, 3.8) is 0 Å². The third-order valence-corrected chi connectivity index (χ3v) is 10.5. The number of para-hydroxylation sites is 3. The van der Waals surface area contributed by atoms with Crippen molar-refractivity contribution in [3.8, 4) is 62.2 Å². The Morgan fingerprint density at radius 1 is 0.393 bits per heavy atom. The fraction of sp³-hybridized carbons (Fsp3) is 0. The van der Waals surface area contributed by atoms with Crippen LogP contribution in [0.1, 0.15) is 0 Å². The van der Waals surface area contributed by atoms with Crippen LogP contribution in [-0.4, -0.2) is 24.5 Å². The Balaban J connectivity index is 1.17. The number of fused-ring (bicyclic) bond motifs is 6. The molecule has 0 saturated heterocycles. The predicted molar refractivity (Wildman–Crippen MR) is 226 cm³/mol. The first-order valence-electron chi connectivity index (χ1n) is 18.6. The maximum atomic E-state index is 6.92. The van der Waals surface area contributed by atoms with Crippen LogP contribution in [0.3, 0.4) is 0 Å². The van der Waals surface area contributed by atoms with Crippen molar-refractivity contribution in [2.24, 2.45) is 0 Å². The third-order valence-electron chi connectivity index (χ3n) is 10.5. The van der Waals surface area contributed by atoms with Crippen molar-refractivity contribution >= 4 is 43.7 Å². The van der Waals surface area contributed by atoms with E-state index >= 15 is 0 Å². The van der Waals surface area contributed by atoms with Gasteiger partial charge in [0.05, 0.1) is 16.7 Å². The summed E-state index contributed by atoms with van der Waals surface area (Å²) in [6.45, 7) is 0. The summed E-state index contributed by atoms with van der Waals surface area (Å²) in [5.41, 5.74) is 11.1. The number of hydrogen-bond acceptors (Lipinski definition) is 5. The maximum absolute atomic E-state index is 6.92. The van der Waals surface area contributed by atoms with Crippen molar-refractivity contribution in [2.75, 3.05) is 0 Å². The van der Waals surface area contributed by atoms with Crippen LogP contribution in [0.25, 0.3) is 106 Å². The molecule has 0 atom stereocenters. The summed E-state index contributed by atoms with van der Waals surface area (Å²) < 4.78 is 9.23. The molecule has 0 unspecified atom stereocenters. The first kappa shape index (κ1) is 31.8. The SMILES string of the molecule is c1ccc(-c2cnc(-c3cccc4c3oc3cc5c(cc34)c3ccccc3n5-c3ccccc3)c(-c3nc(-c4ccccc4)nc(-c4ccccc4)n3)c2)cc1. The van der Waals surface area contributed by atoms with Gasteiger partial charge in [-0.05, 0) is 42.0 Å². The number of aromatic nitrogens is 5. The summed E-state index contributed by atoms with van der Waals surface area (Å²) in [4.78, 5) is 20.5. The van der Waals surface area contributed by atoms with Crippen molar-refractivity contribution < 1.29 is 4.42 Å². The summed E-state index contributed by atoms with van der Waals surface area (Å²) in [5.74, 6) is 1.70. The largest absolute Gasteiger partial charge is 0.455 e. The summed E-state index contributed by atoms with van der Waals surface area (Å²) >= 11 is 0. The first-order chi connectivity index (χ1) is 27.8. The van der Waals surface area contributed by atoms with Crippen molar-refractivity contribution in [3.05, 3.63) is 188 Å². The van der Waals surface area contributed by atoms with Crippen molar-refractivity contribution in [1.82, 2.24) is 24.5 Å². The molecular formula is C50H31N5O. The van der Waals surface area contributed by atoms with Gasteiger partial charge in [0.2, 0.25) is 0 Å². The van der Waals surface area contributed by atoms with Gasteiger partial charge in [0.15, 0.2) is 17.5 Å². The molecule has 11 aromatic rings. The topological polar surface area (TPSA) is 69.6 Å². The van der Waals surface area contributed by atoms with Crippen molar-refractivity contribution in [1.29, 1.82) is 0 Å². The third kappa shape index (κ3) is 5.27. The lowest BCUT2D eigenvalue weighted by atomic mass is 9.98. The minimum atomic E-state index is 0.528. The van der Waals surface area contributed by atoms with E-state index in [1.165, 1.54) is 10.8 Å². The number of hydrogen-bond donors (Lipinski definition) is 0. The molecular weight excluding hydrogens is 687 g/mol. The van der Waals surface area contributed by atoms with Gasteiger partial charge in [0.25, 0.3) is 0 Å². The normalized spacial score (nSPS) is 11.6. The number of nitrogens with zero attached hydrogens (tertiary/aromatic N) is 5. The second-order valence-corrected chi connectivity index (χ2v) is 13.9. The summed E-state index contributed by atoms with van der Waals surface area (Å²) in [6.07, 6.45) is 1.93. The van der Waals surface area contributed by atoms with Crippen LogP contribution in [0, 0.1) is 0 Å². The zero-order chi connectivity index (χ0) is 37.0. The lowest BCUT2D eigenvalue weighted by Gasteiger charge is -2.13. The highest BCUT2D eigenvalue weighted by Crippen LogP contribution is 2.43. The Morgan fingerprint density at radius 2 is 0.982 bits per heavy atom. The average Bonchev–Trinajstić information content (AvgIpc) is 3.81. The molecule has 4 heterocycles. The van der Waals surface area contributed by atoms with E-state index in [9.17, 15) is 0 Å². The zero-order valence-electron chi connectivity index (χ0n) is 30.0. The Hall–Kier alpha value is -7.70. The van der Waals surface area contributed by atoms with E-state index in [2.05, 4.69) is 102 Å². The highest BCUT2D eigenvalue weighted by molar-refractivity contribution is 6.18. The molecule has 0 radical (unpaired) electrons. The van der Waals surface area contributed by atoms with Gasteiger partial charge in [-0.1, -0.05) is 140 Å². The number of furan rings is 1. The Kier molecular flexibility index (Phi) is 7.38. The molecule has 0 amide bonds.